The van der Waals surface area contributed by atoms with Gasteiger partial charge in [0.15, 0.2) is 5.75 Å². The van der Waals surface area contributed by atoms with Crippen LogP contribution in [0.5, 0.6) is 11.5 Å². The van der Waals surface area contributed by atoms with E-state index in [9.17, 15) is 9.18 Å². The Morgan fingerprint density at radius 3 is 2.72 bits per heavy atom. The van der Waals surface area contributed by atoms with E-state index in [0.29, 0.717) is 23.6 Å². The van der Waals surface area contributed by atoms with Crippen molar-refractivity contribution in [3.8, 4) is 11.5 Å². The molecule has 0 spiro atoms. The molecule has 1 saturated carbocycles. The molecule has 0 aromatic heterocycles. The normalized spacial score (nSPS) is 19.1. The summed E-state index contributed by atoms with van der Waals surface area (Å²) in [6.45, 7) is 0. The summed E-state index contributed by atoms with van der Waals surface area (Å²) in [5.41, 5.74) is 6.59. The number of benzene rings is 2. The molecule has 6 heteroatoms. The van der Waals surface area contributed by atoms with Crippen LogP contribution in [-0.2, 0) is 4.79 Å². The molecule has 3 N–H and O–H groups in total. The Morgan fingerprint density at radius 2 is 2.00 bits per heavy atom. The van der Waals surface area contributed by atoms with E-state index in [4.69, 9.17) is 10.5 Å². The molecule has 1 amide bonds. The number of carbonyl (C=O) groups excluding carboxylic acids is 1. The Hall–Kier alpha value is -2.11. The van der Waals surface area contributed by atoms with Crippen molar-refractivity contribution < 1.29 is 13.9 Å². The average molecular weight is 365 g/mol. The molecule has 1 aliphatic carbocycles. The van der Waals surface area contributed by atoms with Crippen LogP contribution in [0.4, 0.5) is 10.1 Å². The van der Waals surface area contributed by atoms with Gasteiger partial charge in [-0.3, -0.25) is 4.79 Å². The lowest BCUT2D eigenvalue weighted by Gasteiger charge is -2.16. The van der Waals surface area contributed by atoms with E-state index in [0.717, 1.165) is 19.3 Å². The van der Waals surface area contributed by atoms with Crippen molar-refractivity contribution in [1.29, 1.82) is 0 Å². The fourth-order valence-corrected chi connectivity index (χ4v) is 3.07. The highest BCUT2D eigenvalue weighted by atomic mass is 35.5. The average Bonchev–Trinajstić information content (AvgIpc) is 2.94. The Labute approximate surface area is 153 Å². The first-order chi connectivity index (χ1) is 11.6. The molecular weight excluding hydrogens is 343 g/mol. The zero-order chi connectivity index (χ0) is 16.9. The van der Waals surface area contributed by atoms with Crippen LogP contribution in [0.25, 0.3) is 0 Å². The van der Waals surface area contributed by atoms with Gasteiger partial charge < -0.3 is 15.8 Å². The maximum absolute atomic E-state index is 13.3. The molecule has 25 heavy (non-hydrogen) atoms. The second-order valence-corrected chi connectivity index (χ2v) is 6.16. The summed E-state index contributed by atoms with van der Waals surface area (Å²) < 4.78 is 19.0. The molecule has 2 aromatic rings. The molecule has 0 heterocycles. The summed E-state index contributed by atoms with van der Waals surface area (Å²) in [7, 11) is 0. The van der Waals surface area contributed by atoms with Gasteiger partial charge in [0.1, 0.15) is 11.6 Å². The molecule has 3 rings (SSSR count). The van der Waals surface area contributed by atoms with Gasteiger partial charge in [0.05, 0.1) is 5.69 Å². The zero-order valence-corrected chi connectivity index (χ0v) is 14.6. The summed E-state index contributed by atoms with van der Waals surface area (Å²) in [6.07, 6.45) is 3.47. The third-order valence-corrected chi connectivity index (χ3v) is 4.35. The monoisotopic (exact) mass is 364 g/mol. The highest BCUT2D eigenvalue weighted by Gasteiger charge is 2.26. The van der Waals surface area contributed by atoms with Crippen LogP contribution in [0.3, 0.4) is 0 Å². The van der Waals surface area contributed by atoms with Crippen molar-refractivity contribution in [3.63, 3.8) is 0 Å². The maximum atomic E-state index is 13.3. The number of amides is 1. The Kier molecular flexibility index (Phi) is 6.79. The van der Waals surface area contributed by atoms with Gasteiger partial charge in [-0.05, 0) is 43.0 Å². The summed E-state index contributed by atoms with van der Waals surface area (Å²) in [6, 6.07) is 13.1. The number of anilines is 1. The van der Waals surface area contributed by atoms with Crippen molar-refractivity contribution in [1.82, 2.24) is 0 Å². The van der Waals surface area contributed by atoms with Gasteiger partial charge in [-0.1, -0.05) is 24.6 Å². The van der Waals surface area contributed by atoms with Gasteiger partial charge in [-0.25, -0.2) is 4.39 Å². The second kappa shape index (κ2) is 8.83. The number of hydrogen-bond acceptors (Lipinski definition) is 3. The number of carbonyl (C=O) groups is 1. The van der Waals surface area contributed by atoms with E-state index >= 15 is 0 Å². The van der Waals surface area contributed by atoms with E-state index in [1.807, 2.05) is 6.07 Å². The van der Waals surface area contributed by atoms with Crippen LogP contribution in [0.15, 0.2) is 48.5 Å². The van der Waals surface area contributed by atoms with Gasteiger partial charge in [-0.2, -0.15) is 0 Å². The number of nitrogens with two attached hydrogens (primary N) is 1. The van der Waals surface area contributed by atoms with Crippen molar-refractivity contribution in [2.75, 3.05) is 5.32 Å². The minimum absolute atomic E-state index is 0. The van der Waals surface area contributed by atoms with Gasteiger partial charge in [0, 0.05) is 18.5 Å². The van der Waals surface area contributed by atoms with Crippen molar-refractivity contribution >= 4 is 24.0 Å². The third-order valence-electron chi connectivity index (χ3n) is 4.35. The summed E-state index contributed by atoms with van der Waals surface area (Å²) >= 11 is 0. The van der Waals surface area contributed by atoms with Crippen LogP contribution < -0.4 is 15.8 Å². The SMILES string of the molecule is Cl.N[C@@H]1CCC[C@H]1CC(=O)Nc1ccccc1Oc1cccc(F)c1. The van der Waals surface area contributed by atoms with E-state index < -0.39 is 0 Å². The first-order valence-electron chi connectivity index (χ1n) is 8.20. The molecule has 0 aliphatic heterocycles. The standard InChI is InChI=1S/C19H21FN2O2.ClH/c20-14-6-4-7-15(12-14)24-18-10-2-1-9-17(18)22-19(23)11-13-5-3-8-16(13)21;/h1-2,4,6-7,9-10,12-13,16H,3,5,8,11,21H2,(H,22,23);1H/t13-,16+;/m0./s1. The highest BCUT2D eigenvalue weighted by Crippen LogP contribution is 2.31. The number of ether oxygens (including phenoxy) is 1. The topological polar surface area (TPSA) is 64.4 Å². The lowest BCUT2D eigenvalue weighted by Crippen LogP contribution is -2.28. The molecule has 2 atom stereocenters. The molecule has 0 bridgehead atoms. The number of nitrogens with one attached hydrogen (secondary N) is 1. The van der Waals surface area contributed by atoms with Crippen LogP contribution in [0, 0.1) is 11.7 Å². The molecule has 2 aromatic carbocycles. The summed E-state index contributed by atoms with van der Waals surface area (Å²) in [5.74, 6) is 0.653. The highest BCUT2D eigenvalue weighted by molar-refractivity contribution is 5.92. The molecule has 1 fully saturated rings. The fourth-order valence-electron chi connectivity index (χ4n) is 3.07. The van der Waals surface area contributed by atoms with Crippen molar-refractivity contribution in [3.05, 3.63) is 54.3 Å². The van der Waals surface area contributed by atoms with Crippen LogP contribution in [0.2, 0.25) is 0 Å². The van der Waals surface area contributed by atoms with E-state index in [1.165, 1.54) is 12.1 Å². The third kappa shape index (κ3) is 5.18. The predicted octanol–water partition coefficient (Wildman–Crippen LogP) is 4.50. The number of rotatable bonds is 5. The summed E-state index contributed by atoms with van der Waals surface area (Å²) in [4.78, 5) is 12.3. The Bertz CT molecular complexity index is 726. The van der Waals surface area contributed by atoms with Gasteiger partial charge in [0.25, 0.3) is 0 Å². The molecule has 1 aliphatic rings. The lowest BCUT2D eigenvalue weighted by molar-refractivity contribution is -0.117. The lowest BCUT2D eigenvalue weighted by atomic mass is 10.00. The van der Waals surface area contributed by atoms with Crippen molar-refractivity contribution in [2.24, 2.45) is 11.7 Å². The molecule has 0 unspecified atom stereocenters. The van der Waals surface area contributed by atoms with Crippen LogP contribution >= 0.6 is 12.4 Å². The van der Waals surface area contributed by atoms with Crippen LogP contribution in [-0.4, -0.2) is 11.9 Å². The van der Waals surface area contributed by atoms with E-state index in [2.05, 4.69) is 5.32 Å². The Balaban J connectivity index is 0.00000225. The second-order valence-electron chi connectivity index (χ2n) is 6.16. The Morgan fingerprint density at radius 1 is 1.20 bits per heavy atom. The number of para-hydroxylation sites is 2. The number of halogens is 2. The first-order valence-corrected chi connectivity index (χ1v) is 8.20. The summed E-state index contributed by atoms with van der Waals surface area (Å²) in [5, 5.41) is 2.88. The van der Waals surface area contributed by atoms with Crippen LogP contribution in [0.1, 0.15) is 25.7 Å². The molecular formula is C19H22ClFN2O2. The van der Waals surface area contributed by atoms with E-state index in [1.54, 1.807) is 30.3 Å². The zero-order valence-electron chi connectivity index (χ0n) is 13.8. The largest absolute Gasteiger partial charge is 0.455 e. The minimum Gasteiger partial charge on any atom is -0.455 e. The quantitative estimate of drug-likeness (QED) is 0.821. The predicted molar refractivity (Wildman–Crippen MR) is 98.7 cm³/mol. The molecule has 0 saturated heterocycles. The smallest absolute Gasteiger partial charge is 0.224 e. The number of hydrogen-bond donors (Lipinski definition) is 2. The van der Waals surface area contributed by atoms with Gasteiger partial charge in [-0.15, -0.1) is 12.4 Å². The molecule has 0 radical (unpaired) electrons. The molecule has 134 valence electrons. The minimum atomic E-state index is -0.371. The molecule has 4 nitrogen and oxygen atoms in total. The fraction of sp³-hybridized carbons (Fsp3) is 0.316. The van der Waals surface area contributed by atoms with E-state index in [-0.39, 0.29) is 36.1 Å². The first kappa shape index (κ1) is 19.2. The maximum Gasteiger partial charge on any atom is 0.224 e. The van der Waals surface area contributed by atoms with Gasteiger partial charge >= 0.3 is 0 Å². The van der Waals surface area contributed by atoms with Crippen molar-refractivity contribution in [2.45, 2.75) is 31.7 Å². The van der Waals surface area contributed by atoms with Gasteiger partial charge in [0.2, 0.25) is 5.91 Å².